The molecule has 0 aliphatic rings. The third kappa shape index (κ3) is 3.15. The Balaban J connectivity index is 1.73. The van der Waals surface area contributed by atoms with E-state index in [1.807, 2.05) is 42.5 Å². The van der Waals surface area contributed by atoms with E-state index in [0.717, 1.165) is 10.9 Å². The number of Topliss-reactive ketones (excluding diaryl/α,β-unsaturated/α-hetero) is 1. The molecule has 0 radical (unpaired) electrons. The Labute approximate surface area is 156 Å². The van der Waals surface area contributed by atoms with Crippen LogP contribution in [-0.2, 0) is 11.8 Å². The number of esters is 1. The Morgan fingerprint density at radius 1 is 0.963 bits per heavy atom. The minimum absolute atomic E-state index is 0.263. The van der Waals surface area contributed by atoms with Gasteiger partial charge in [0.05, 0.1) is 0 Å². The van der Waals surface area contributed by atoms with Crippen LogP contribution in [0, 0.1) is 0 Å². The number of aromatic nitrogens is 2. The highest BCUT2D eigenvalue weighted by Crippen LogP contribution is 2.28. The maximum atomic E-state index is 13.3. The van der Waals surface area contributed by atoms with Gasteiger partial charge in [-0.1, -0.05) is 48.5 Å². The third-order valence-electron chi connectivity index (χ3n) is 4.57. The van der Waals surface area contributed by atoms with Gasteiger partial charge in [0.15, 0.2) is 6.10 Å². The molecule has 5 heteroatoms. The van der Waals surface area contributed by atoms with E-state index in [4.69, 9.17) is 4.74 Å². The van der Waals surface area contributed by atoms with Crippen molar-refractivity contribution in [3.05, 3.63) is 95.9 Å². The van der Waals surface area contributed by atoms with Crippen molar-refractivity contribution in [3.63, 3.8) is 0 Å². The molecular weight excluding hydrogens is 340 g/mol. The van der Waals surface area contributed by atoms with E-state index in [2.05, 4.69) is 4.98 Å². The zero-order chi connectivity index (χ0) is 18.8. The first-order valence-corrected chi connectivity index (χ1v) is 8.63. The van der Waals surface area contributed by atoms with Gasteiger partial charge in [-0.2, -0.15) is 0 Å². The average molecular weight is 358 g/mol. The number of benzene rings is 2. The molecule has 4 rings (SSSR count). The number of aryl methyl sites for hydroxylation is 1. The molecule has 0 saturated carbocycles. The van der Waals surface area contributed by atoms with Crippen LogP contribution >= 0.6 is 0 Å². The number of hydrogen-bond donors (Lipinski definition) is 1. The first kappa shape index (κ1) is 16.8. The van der Waals surface area contributed by atoms with Crippen molar-refractivity contribution in [1.82, 2.24) is 9.55 Å². The molecule has 2 heterocycles. The number of fused-ring (bicyclic) bond motifs is 1. The number of ketones is 1. The Morgan fingerprint density at radius 2 is 1.70 bits per heavy atom. The van der Waals surface area contributed by atoms with Gasteiger partial charge in [0.2, 0.25) is 5.78 Å². The second kappa shape index (κ2) is 6.96. The smallest absolute Gasteiger partial charge is 0.356 e. The van der Waals surface area contributed by atoms with E-state index in [0.29, 0.717) is 16.8 Å². The van der Waals surface area contributed by atoms with Crippen LogP contribution in [0.25, 0.3) is 10.9 Å². The summed E-state index contributed by atoms with van der Waals surface area (Å²) in [5, 5.41) is 0.804. The summed E-state index contributed by atoms with van der Waals surface area (Å²) in [6, 6.07) is 20.1. The lowest BCUT2D eigenvalue weighted by Gasteiger charge is -2.17. The molecule has 2 aromatic carbocycles. The summed E-state index contributed by atoms with van der Waals surface area (Å²) in [5.41, 5.74) is 2.39. The van der Waals surface area contributed by atoms with E-state index in [9.17, 15) is 9.59 Å². The number of ether oxygens (including phenoxy) is 1. The normalized spacial score (nSPS) is 12.0. The van der Waals surface area contributed by atoms with Crippen LogP contribution in [0.1, 0.15) is 32.5 Å². The lowest BCUT2D eigenvalue weighted by molar-refractivity contribution is 0.0271. The average Bonchev–Trinajstić information content (AvgIpc) is 3.32. The Hall–Kier alpha value is -3.60. The summed E-state index contributed by atoms with van der Waals surface area (Å²) in [6.45, 7) is 0. The van der Waals surface area contributed by atoms with E-state index >= 15 is 0 Å². The molecular formula is C22H18N2O3. The second-order valence-corrected chi connectivity index (χ2v) is 6.31. The molecule has 0 amide bonds. The van der Waals surface area contributed by atoms with Crippen LogP contribution in [0.5, 0.6) is 0 Å². The molecule has 0 unspecified atom stereocenters. The van der Waals surface area contributed by atoms with Gasteiger partial charge in [0.25, 0.3) is 0 Å². The van der Waals surface area contributed by atoms with E-state index in [-0.39, 0.29) is 5.78 Å². The minimum atomic E-state index is -1.02. The van der Waals surface area contributed by atoms with E-state index in [1.54, 1.807) is 48.3 Å². The first-order valence-electron chi connectivity index (χ1n) is 8.63. The number of H-pyrrole nitrogens is 1. The molecule has 0 fully saturated rings. The van der Waals surface area contributed by atoms with Gasteiger partial charge in [-0.05, 0) is 18.2 Å². The van der Waals surface area contributed by atoms with Crippen LogP contribution in [0.2, 0.25) is 0 Å². The summed E-state index contributed by atoms with van der Waals surface area (Å²) in [7, 11) is 1.76. The van der Waals surface area contributed by atoms with Crippen molar-refractivity contribution in [3.8, 4) is 0 Å². The van der Waals surface area contributed by atoms with Crippen molar-refractivity contribution in [2.75, 3.05) is 0 Å². The number of hydrogen-bond acceptors (Lipinski definition) is 3. The van der Waals surface area contributed by atoms with Crippen LogP contribution in [0.15, 0.2) is 79.1 Å². The number of carbonyl (C=O) groups excluding carboxylic acids is 2. The summed E-state index contributed by atoms with van der Waals surface area (Å²) < 4.78 is 7.34. The highest BCUT2D eigenvalue weighted by Gasteiger charge is 2.29. The van der Waals surface area contributed by atoms with Gasteiger partial charge in [0, 0.05) is 41.5 Å². The summed E-state index contributed by atoms with van der Waals surface area (Å²) in [5.74, 6) is -0.800. The number of para-hydroxylation sites is 1. The van der Waals surface area contributed by atoms with Crippen molar-refractivity contribution >= 4 is 22.7 Å². The predicted octanol–water partition coefficient (Wildman–Crippen LogP) is 4.29. The molecule has 1 N–H and O–H groups in total. The molecule has 2 aromatic heterocycles. The monoisotopic (exact) mass is 358 g/mol. The van der Waals surface area contributed by atoms with Crippen LogP contribution in [0.3, 0.4) is 0 Å². The molecule has 27 heavy (non-hydrogen) atoms. The number of carbonyl (C=O) groups is 2. The van der Waals surface area contributed by atoms with Crippen molar-refractivity contribution in [2.45, 2.75) is 6.10 Å². The van der Waals surface area contributed by atoms with Crippen LogP contribution < -0.4 is 0 Å². The number of nitrogens with one attached hydrogen (secondary N) is 1. The Morgan fingerprint density at radius 3 is 2.44 bits per heavy atom. The second-order valence-electron chi connectivity index (χ2n) is 6.31. The van der Waals surface area contributed by atoms with Crippen molar-refractivity contribution in [2.24, 2.45) is 7.05 Å². The van der Waals surface area contributed by atoms with Gasteiger partial charge in [0.1, 0.15) is 5.69 Å². The van der Waals surface area contributed by atoms with Crippen molar-refractivity contribution < 1.29 is 14.3 Å². The fourth-order valence-corrected chi connectivity index (χ4v) is 3.16. The summed E-state index contributed by atoms with van der Waals surface area (Å²) in [4.78, 5) is 29.1. The molecule has 0 bridgehead atoms. The van der Waals surface area contributed by atoms with E-state index in [1.165, 1.54) is 0 Å². The maximum Gasteiger partial charge on any atom is 0.356 e. The van der Waals surface area contributed by atoms with Crippen LogP contribution in [0.4, 0.5) is 0 Å². The zero-order valence-electron chi connectivity index (χ0n) is 14.8. The van der Waals surface area contributed by atoms with Gasteiger partial charge in [-0.3, -0.25) is 4.79 Å². The molecule has 0 aliphatic heterocycles. The fourth-order valence-electron chi connectivity index (χ4n) is 3.16. The lowest BCUT2D eigenvalue weighted by atomic mass is 9.99. The lowest BCUT2D eigenvalue weighted by Crippen LogP contribution is -2.21. The predicted molar refractivity (Wildman–Crippen MR) is 103 cm³/mol. The molecule has 0 aliphatic carbocycles. The van der Waals surface area contributed by atoms with Crippen LogP contribution in [-0.4, -0.2) is 21.3 Å². The standard InChI is InChI=1S/C22H18N2O3/c1-24-13-7-12-19(24)22(26)27-21(15-8-3-2-4-9-15)20(25)17-14-23-18-11-6-5-10-16(17)18/h2-14,21,23H,1H3/t21-/m0/s1. The quantitative estimate of drug-likeness (QED) is 0.428. The topological polar surface area (TPSA) is 64.1 Å². The minimum Gasteiger partial charge on any atom is -0.444 e. The molecule has 134 valence electrons. The zero-order valence-corrected chi connectivity index (χ0v) is 14.8. The Kier molecular flexibility index (Phi) is 4.34. The summed E-state index contributed by atoms with van der Waals surface area (Å²) in [6.07, 6.45) is 2.40. The maximum absolute atomic E-state index is 13.3. The SMILES string of the molecule is Cn1cccc1C(=O)O[C@H](C(=O)c1c[nH]c2ccccc12)c1ccccc1. The fraction of sp³-hybridized carbons (Fsp3) is 0.0909. The molecule has 5 nitrogen and oxygen atoms in total. The molecule has 1 atom stereocenters. The van der Waals surface area contributed by atoms with Gasteiger partial charge in [-0.15, -0.1) is 0 Å². The molecule has 4 aromatic rings. The highest BCUT2D eigenvalue weighted by molar-refractivity contribution is 6.10. The number of nitrogens with zero attached hydrogens (tertiary/aromatic N) is 1. The van der Waals surface area contributed by atoms with Gasteiger partial charge >= 0.3 is 5.97 Å². The first-order chi connectivity index (χ1) is 13.1. The third-order valence-corrected chi connectivity index (χ3v) is 4.57. The number of aromatic amines is 1. The molecule has 0 spiro atoms. The number of rotatable bonds is 5. The van der Waals surface area contributed by atoms with Gasteiger partial charge < -0.3 is 14.3 Å². The van der Waals surface area contributed by atoms with E-state index < -0.39 is 12.1 Å². The summed E-state index contributed by atoms with van der Waals surface area (Å²) >= 11 is 0. The molecule has 0 saturated heterocycles. The highest BCUT2D eigenvalue weighted by atomic mass is 16.5. The van der Waals surface area contributed by atoms with Crippen molar-refractivity contribution in [1.29, 1.82) is 0 Å². The Bertz CT molecular complexity index is 1110. The largest absolute Gasteiger partial charge is 0.444 e. The van der Waals surface area contributed by atoms with Gasteiger partial charge in [-0.25, -0.2) is 4.79 Å².